The minimum atomic E-state index is -0.615. The van der Waals surface area contributed by atoms with Crippen molar-refractivity contribution in [3.05, 3.63) is 53.6 Å². The highest BCUT2D eigenvalue weighted by Crippen LogP contribution is 2.47. The van der Waals surface area contributed by atoms with Gasteiger partial charge < -0.3 is 9.64 Å². The zero-order valence-electron chi connectivity index (χ0n) is 13.7. The second-order valence-electron chi connectivity index (χ2n) is 5.46. The van der Waals surface area contributed by atoms with Gasteiger partial charge in [-0.2, -0.15) is 0 Å². The monoisotopic (exact) mass is 339 g/mol. The highest BCUT2D eigenvalue weighted by atomic mass is 32.2. The van der Waals surface area contributed by atoms with Crippen LogP contribution in [0.5, 0.6) is 0 Å². The summed E-state index contributed by atoms with van der Waals surface area (Å²) in [6.07, 6.45) is 1.58. The highest BCUT2D eigenvalue weighted by Gasteiger charge is 2.21. The second kappa shape index (κ2) is 6.53. The molecule has 3 rings (SSSR count). The van der Waals surface area contributed by atoms with Crippen LogP contribution in [0.15, 0.2) is 57.8 Å². The van der Waals surface area contributed by atoms with Crippen molar-refractivity contribution in [3.63, 3.8) is 0 Å². The van der Waals surface area contributed by atoms with Gasteiger partial charge in [-0.25, -0.2) is 4.79 Å². The van der Waals surface area contributed by atoms with Gasteiger partial charge in [0.05, 0.1) is 18.5 Å². The molecule has 4 nitrogen and oxygen atoms in total. The van der Waals surface area contributed by atoms with Gasteiger partial charge in [0.1, 0.15) is 5.57 Å². The smallest absolute Gasteiger partial charge is 0.341 e. The third-order valence-electron chi connectivity index (χ3n) is 3.89. The van der Waals surface area contributed by atoms with Gasteiger partial charge >= 0.3 is 5.97 Å². The van der Waals surface area contributed by atoms with Crippen LogP contribution in [-0.2, 0) is 14.3 Å². The van der Waals surface area contributed by atoms with Gasteiger partial charge in [0, 0.05) is 16.8 Å². The molecule has 0 aliphatic carbocycles. The van der Waals surface area contributed by atoms with Gasteiger partial charge in [0.15, 0.2) is 5.78 Å². The fourth-order valence-electron chi connectivity index (χ4n) is 2.63. The van der Waals surface area contributed by atoms with Crippen LogP contribution < -0.4 is 4.90 Å². The van der Waals surface area contributed by atoms with Gasteiger partial charge in [-0.15, -0.1) is 0 Å². The number of benzene rings is 2. The molecule has 122 valence electrons. The van der Waals surface area contributed by atoms with E-state index in [-0.39, 0.29) is 11.4 Å². The van der Waals surface area contributed by atoms with Crippen LogP contribution >= 0.6 is 11.8 Å². The minimum absolute atomic E-state index is 0.0482. The zero-order valence-corrected chi connectivity index (χ0v) is 14.5. The summed E-state index contributed by atoms with van der Waals surface area (Å²) >= 11 is 1.68. The van der Waals surface area contributed by atoms with Crippen molar-refractivity contribution in [1.82, 2.24) is 0 Å². The molecule has 0 unspecified atom stereocenters. The number of hydrogen-bond acceptors (Lipinski definition) is 5. The first-order valence-corrected chi connectivity index (χ1v) is 8.28. The van der Waals surface area contributed by atoms with E-state index in [0.717, 1.165) is 21.8 Å². The maximum atomic E-state index is 11.7. The van der Waals surface area contributed by atoms with Crippen molar-refractivity contribution < 1.29 is 14.3 Å². The summed E-state index contributed by atoms with van der Waals surface area (Å²) in [6, 6.07) is 14.1. The van der Waals surface area contributed by atoms with E-state index in [1.165, 1.54) is 18.9 Å². The summed E-state index contributed by atoms with van der Waals surface area (Å²) in [5.74, 6) is -0.926. The normalized spacial score (nSPS) is 13.1. The fourth-order valence-corrected chi connectivity index (χ4v) is 3.83. The van der Waals surface area contributed by atoms with E-state index in [1.807, 2.05) is 37.4 Å². The van der Waals surface area contributed by atoms with Crippen molar-refractivity contribution in [2.45, 2.75) is 16.7 Å². The van der Waals surface area contributed by atoms with Gasteiger partial charge in [-0.3, -0.25) is 4.79 Å². The van der Waals surface area contributed by atoms with Crippen LogP contribution in [-0.4, -0.2) is 25.9 Å². The molecule has 1 aliphatic rings. The first-order chi connectivity index (χ1) is 11.5. The molecule has 0 radical (unpaired) electrons. The molecule has 0 fully saturated rings. The average Bonchev–Trinajstić information content (AvgIpc) is 2.58. The van der Waals surface area contributed by atoms with Crippen molar-refractivity contribution in [1.29, 1.82) is 0 Å². The Morgan fingerprint density at radius 3 is 2.50 bits per heavy atom. The molecule has 0 spiro atoms. The number of Topliss-reactive ketones (excluding diaryl/α,β-unsaturated/α-hetero) is 1. The summed E-state index contributed by atoms with van der Waals surface area (Å²) in [5, 5.41) is 0. The predicted octanol–water partition coefficient (Wildman–Crippen LogP) is 4.06. The highest BCUT2D eigenvalue weighted by molar-refractivity contribution is 7.99. The van der Waals surface area contributed by atoms with E-state index < -0.39 is 5.97 Å². The van der Waals surface area contributed by atoms with Gasteiger partial charge in [-0.1, -0.05) is 30.0 Å². The number of carbonyl (C=O) groups excluding carboxylic acids is 2. The van der Waals surface area contributed by atoms with E-state index in [2.05, 4.69) is 21.8 Å². The number of esters is 1. The summed E-state index contributed by atoms with van der Waals surface area (Å²) in [4.78, 5) is 27.8. The Morgan fingerprint density at radius 1 is 1.08 bits per heavy atom. The van der Waals surface area contributed by atoms with E-state index in [0.29, 0.717) is 0 Å². The quantitative estimate of drug-likeness (QED) is 0.365. The molecule has 0 amide bonds. The van der Waals surface area contributed by atoms with Crippen LogP contribution in [0.4, 0.5) is 11.4 Å². The van der Waals surface area contributed by atoms with Gasteiger partial charge in [0.2, 0.25) is 0 Å². The lowest BCUT2D eigenvalue weighted by molar-refractivity contribution is -0.137. The zero-order chi connectivity index (χ0) is 17.3. The molecule has 0 bridgehead atoms. The van der Waals surface area contributed by atoms with Crippen LogP contribution in [0.3, 0.4) is 0 Å². The lowest BCUT2D eigenvalue weighted by atomic mass is 10.1. The molecule has 2 aromatic carbocycles. The number of ketones is 1. The SMILES string of the molecule is COC(=O)C(=Cc1ccc2c(c1)Sc1ccccc1N2C)C(C)=O. The summed E-state index contributed by atoms with van der Waals surface area (Å²) in [6.45, 7) is 1.36. The summed E-state index contributed by atoms with van der Waals surface area (Å²) in [7, 11) is 3.30. The van der Waals surface area contributed by atoms with Crippen molar-refractivity contribution in [2.24, 2.45) is 0 Å². The topological polar surface area (TPSA) is 46.6 Å². The maximum absolute atomic E-state index is 11.7. The second-order valence-corrected chi connectivity index (χ2v) is 6.55. The standard InChI is InChI=1S/C19H17NO3S/c1-12(21)14(19(22)23-3)10-13-8-9-16-18(11-13)24-17-7-5-4-6-15(17)20(16)2/h4-11H,1-3H3. The van der Waals surface area contributed by atoms with Crippen molar-refractivity contribution in [2.75, 3.05) is 19.1 Å². The molecule has 2 aromatic rings. The predicted molar refractivity (Wildman–Crippen MR) is 95.7 cm³/mol. The third-order valence-corrected chi connectivity index (χ3v) is 5.00. The number of para-hydroxylation sites is 1. The number of hydrogen-bond donors (Lipinski definition) is 0. The Balaban J connectivity index is 2.02. The minimum Gasteiger partial charge on any atom is -0.465 e. The third kappa shape index (κ3) is 2.95. The van der Waals surface area contributed by atoms with E-state index >= 15 is 0 Å². The van der Waals surface area contributed by atoms with Crippen molar-refractivity contribution >= 4 is 41.0 Å². The number of anilines is 2. The van der Waals surface area contributed by atoms with Crippen LogP contribution in [0.2, 0.25) is 0 Å². The van der Waals surface area contributed by atoms with Gasteiger partial charge in [0.25, 0.3) is 0 Å². The summed E-state index contributed by atoms with van der Waals surface area (Å²) < 4.78 is 4.68. The van der Waals surface area contributed by atoms with Crippen LogP contribution in [0.25, 0.3) is 6.08 Å². The van der Waals surface area contributed by atoms with E-state index in [9.17, 15) is 9.59 Å². The number of ether oxygens (including phenoxy) is 1. The maximum Gasteiger partial charge on any atom is 0.341 e. The Morgan fingerprint density at radius 2 is 1.79 bits per heavy atom. The number of methoxy groups -OCH3 is 1. The first-order valence-electron chi connectivity index (χ1n) is 7.47. The molecule has 0 N–H and O–H groups in total. The Hall–Kier alpha value is -2.53. The molecule has 0 saturated heterocycles. The fraction of sp³-hybridized carbons (Fsp3) is 0.158. The van der Waals surface area contributed by atoms with E-state index in [4.69, 9.17) is 0 Å². The van der Waals surface area contributed by atoms with E-state index in [1.54, 1.807) is 17.8 Å². The van der Waals surface area contributed by atoms with Crippen LogP contribution in [0.1, 0.15) is 12.5 Å². The molecule has 0 atom stereocenters. The molecular formula is C19H17NO3S. The van der Waals surface area contributed by atoms with Gasteiger partial charge in [-0.05, 0) is 42.8 Å². The number of fused-ring (bicyclic) bond motifs is 2. The summed E-state index contributed by atoms with van der Waals surface area (Å²) in [5.41, 5.74) is 3.10. The average molecular weight is 339 g/mol. The Labute approximate surface area is 145 Å². The Kier molecular flexibility index (Phi) is 4.44. The first kappa shape index (κ1) is 16.3. The molecule has 1 aliphatic heterocycles. The lowest BCUT2D eigenvalue weighted by Gasteiger charge is -2.29. The number of nitrogens with zero attached hydrogens (tertiary/aromatic N) is 1. The molecule has 0 saturated carbocycles. The molecule has 1 heterocycles. The van der Waals surface area contributed by atoms with Crippen LogP contribution in [0, 0.1) is 0 Å². The molecular weight excluding hydrogens is 322 g/mol. The largest absolute Gasteiger partial charge is 0.465 e. The number of carbonyl (C=O) groups is 2. The molecule has 0 aromatic heterocycles. The lowest BCUT2D eigenvalue weighted by Crippen LogP contribution is -2.14. The molecule has 5 heteroatoms. The molecule has 24 heavy (non-hydrogen) atoms. The Bertz CT molecular complexity index is 857. The van der Waals surface area contributed by atoms with Crippen molar-refractivity contribution in [3.8, 4) is 0 Å². The number of rotatable bonds is 3.